The van der Waals surface area contributed by atoms with E-state index in [1.807, 2.05) is 7.05 Å². The van der Waals surface area contributed by atoms with Crippen LogP contribution in [0.5, 0.6) is 0 Å². The summed E-state index contributed by atoms with van der Waals surface area (Å²) in [5, 5.41) is 0. The van der Waals surface area contributed by atoms with Crippen molar-refractivity contribution < 1.29 is 4.79 Å². The van der Waals surface area contributed by atoms with E-state index < -0.39 is 0 Å². The van der Waals surface area contributed by atoms with Gasteiger partial charge < -0.3 is 10.6 Å². The van der Waals surface area contributed by atoms with Crippen LogP contribution in [-0.4, -0.2) is 29.9 Å². The summed E-state index contributed by atoms with van der Waals surface area (Å²) in [5.74, 6) is 1.44. The van der Waals surface area contributed by atoms with E-state index in [9.17, 15) is 4.79 Å². The molecular weight excluding hydrogens is 272 g/mol. The maximum Gasteiger partial charge on any atom is 0.225 e. The lowest BCUT2D eigenvalue weighted by molar-refractivity contribution is -0.138. The van der Waals surface area contributed by atoms with Gasteiger partial charge in [-0.15, -0.1) is 12.4 Å². The molecule has 2 rings (SSSR count). The van der Waals surface area contributed by atoms with Gasteiger partial charge in [-0.1, -0.05) is 19.8 Å². The van der Waals surface area contributed by atoms with Crippen molar-refractivity contribution in [2.24, 2.45) is 17.6 Å². The fourth-order valence-corrected chi connectivity index (χ4v) is 3.86. The summed E-state index contributed by atoms with van der Waals surface area (Å²) in [4.78, 5) is 14.6. The maximum absolute atomic E-state index is 12.6. The minimum absolute atomic E-state index is 0. The minimum atomic E-state index is 0. The summed E-state index contributed by atoms with van der Waals surface area (Å²) in [6.07, 6.45) is 10.4. The molecule has 0 aromatic heterocycles. The highest BCUT2D eigenvalue weighted by Crippen LogP contribution is 2.31. The molecule has 2 aliphatic carbocycles. The van der Waals surface area contributed by atoms with E-state index in [1.54, 1.807) is 0 Å². The van der Waals surface area contributed by atoms with Crippen molar-refractivity contribution in [3.05, 3.63) is 0 Å². The second-order valence-electron chi connectivity index (χ2n) is 6.66. The van der Waals surface area contributed by atoms with E-state index in [1.165, 1.54) is 32.1 Å². The second-order valence-corrected chi connectivity index (χ2v) is 6.66. The smallest absolute Gasteiger partial charge is 0.225 e. The topological polar surface area (TPSA) is 46.3 Å². The molecule has 0 aromatic carbocycles. The summed E-state index contributed by atoms with van der Waals surface area (Å²) < 4.78 is 0. The number of hydrogen-bond donors (Lipinski definition) is 1. The van der Waals surface area contributed by atoms with Crippen molar-refractivity contribution in [3.8, 4) is 0 Å². The first-order valence-corrected chi connectivity index (χ1v) is 8.14. The number of halogens is 1. The molecule has 0 heterocycles. The van der Waals surface area contributed by atoms with Gasteiger partial charge in [-0.2, -0.15) is 0 Å². The maximum atomic E-state index is 12.6. The Bertz CT molecular complexity index is 303. The van der Waals surface area contributed by atoms with Crippen LogP contribution >= 0.6 is 12.4 Å². The SMILES string of the molecule is CCC1CCC(N(C)C(=O)C2CCCC(N)C2)CC1.Cl. The normalized spacial score (nSPS) is 34.1. The van der Waals surface area contributed by atoms with Crippen LogP contribution in [0.15, 0.2) is 0 Å². The van der Waals surface area contributed by atoms with Crippen LogP contribution in [0, 0.1) is 11.8 Å². The Balaban J connectivity index is 0.00000200. The summed E-state index contributed by atoms with van der Waals surface area (Å²) in [7, 11) is 2.01. The lowest BCUT2D eigenvalue weighted by atomic mass is 9.82. The summed E-state index contributed by atoms with van der Waals surface area (Å²) in [5.41, 5.74) is 6.01. The zero-order valence-electron chi connectivity index (χ0n) is 13.0. The van der Waals surface area contributed by atoms with Gasteiger partial charge >= 0.3 is 0 Å². The highest BCUT2D eigenvalue weighted by Gasteiger charge is 2.32. The molecule has 2 unspecified atom stereocenters. The molecule has 2 atom stereocenters. The molecule has 0 saturated heterocycles. The third kappa shape index (κ3) is 4.36. The number of rotatable bonds is 3. The quantitative estimate of drug-likeness (QED) is 0.869. The summed E-state index contributed by atoms with van der Waals surface area (Å²) in [6, 6.07) is 0.723. The van der Waals surface area contributed by atoms with Crippen molar-refractivity contribution in [2.75, 3.05) is 7.05 Å². The molecule has 2 saturated carbocycles. The van der Waals surface area contributed by atoms with Gasteiger partial charge in [-0.3, -0.25) is 4.79 Å². The predicted octanol–water partition coefficient (Wildman–Crippen LogP) is 3.35. The van der Waals surface area contributed by atoms with Gasteiger partial charge in [0.15, 0.2) is 0 Å². The first kappa shape index (κ1) is 17.8. The summed E-state index contributed by atoms with van der Waals surface area (Å²) in [6.45, 7) is 2.28. The molecule has 0 aliphatic heterocycles. The van der Waals surface area contributed by atoms with Gasteiger partial charge in [0.1, 0.15) is 0 Å². The van der Waals surface area contributed by atoms with Crippen LogP contribution in [0.3, 0.4) is 0 Å². The molecule has 1 amide bonds. The third-order valence-corrected chi connectivity index (χ3v) is 5.35. The Kier molecular flexibility index (Phi) is 7.32. The largest absolute Gasteiger partial charge is 0.343 e. The molecule has 3 nitrogen and oxygen atoms in total. The summed E-state index contributed by atoms with van der Waals surface area (Å²) >= 11 is 0. The number of carbonyl (C=O) groups is 1. The zero-order chi connectivity index (χ0) is 13.8. The fourth-order valence-electron chi connectivity index (χ4n) is 3.86. The molecule has 0 aromatic rings. The van der Waals surface area contributed by atoms with Crippen LogP contribution in [0.4, 0.5) is 0 Å². The first-order chi connectivity index (χ1) is 9.11. The second kappa shape index (κ2) is 8.23. The van der Waals surface area contributed by atoms with Gasteiger partial charge in [0.05, 0.1) is 0 Å². The highest BCUT2D eigenvalue weighted by molar-refractivity contribution is 5.85. The van der Waals surface area contributed by atoms with Crippen LogP contribution < -0.4 is 5.73 Å². The third-order valence-electron chi connectivity index (χ3n) is 5.35. The Morgan fingerprint density at radius 2 is 1.80 bits per heavy atom. The molecule has 0 radical (unpaired) electrons. The average molecular weight is 303 g/mol. The number of nitrogens with two attached hydrogens (primary N) is 1. The van der Waals surface area contributed by atoms with Crippen LogP contribution in [0.2, 0.25) is 0 Å². The molecule has 0 spiro atoms. The Morgan fingerprint density at radius 1 is 1.15 bits per heavy atom. The number of amides is 1. The van der Waals surface area contributed by atoms with Crippen molar-refractivity contribution in [2.45, 2.75) is 76.8 Å². The number of carbonyl (C=O) groups excluding carboxylic acids is 1. The molecule has 118 valence electrons. The number of hydrogen-bond acceptors (Lipinski definition) is 2. The van der Waals surface area contributed by atoms with Crippen molar-refractivity contribution in [1.29, 1.82) is 0 Å². The monoisotopic (exact) mass is 302 g/mol. The van der Waals surface area contributed by atoms with Crippen molar-refractivity contribution in [3.63, 3.8) is 0 Å². The van der Waals surface area contributed by atoms with Gasteiger partial charge in [-0.25, -0.2) is 0 Å². The van der Waals surface area contributed by atoms with Crippen LogP contribution in [0.1, 0.15) is 64.7 Å². The lowest BCUT2D eigenvalue weighted by Crippen LogP contribution is -2.44. The van der Waals surface area contributed by atoms with E-state index in [-0.39, 0.29) is 24.4 Å². The van der Waals surface area contributed by atoms with E-state index in [4.69, 9.17) is 5.73 Å². The standard InChI is InChI=1S/C16H30N2O.ClH/c1-3-12-7-9-15(10-8-12)18(2)16(19)13-5-4-6-14(17)11-13;/h12-15H,3-11,17H2,1-2H3;1H. The first-order valence-electron chi connectivity index (χ1n) is 8.14. The van der Waals surface area contributed by atoms with Crippen molar-refractivity contribution in [1.82, 2.24) is 4.90 Å². The molecular formula is C16H31ClN2O. The van der Waals surface area contributed by atoms with Crippen molar-refractivity contribution >= 4 is 18.3 Å². The zero-order valence-corrected chi connectivity index (χ0v) is 13.8. The molecule has 2 N–H and O–H groups in total. The lowest BCUT2D eigenvalue weighted by Gasteiger charge is -2.37. The molecule has 20 heavy (non-hydrogen) atoms. The van der Waals surface area contributed by atoms with Gasteiger partial charge in [0.25, 0.3) is 0 Å². The van der Waals surface area contributed by atoms with E-state index in [2.05, 4.69) is 11.8 Å². The molecule has 2 aliphatic rings. The Hall–Kier alpha value is -0.280. The van der Waals surface area contributed by atoms with E-state index in [0.717, 1.165) is 31.6 Å². The van der Waals surface area contributed by atoms with Gasteiger partial charge in [0.2, 0.25) is 5.91 Å². The predicted molar refractivity (Wildman–Crippen MR) is 86.0 cm³/mol. The highest BCUT2D eigenvalue weighted by atomic mass is 35.5. The molecule has 2 fully saturated rings. The Labute approximate surface area is 130 Å². The Morgan fingerprint density at radius 3 is 2.35 bits per heavy atom. The van der Waals surface area contributed by atoms with Crippen LogP contribution in [-0.2, 0) is 4.79 Å². The number of nitrogens with zero attached hydrogens (tertiary/aromatic N) is 1. The van der Waals surface area contributed by atoms with E-state index >= 15 is 0 Å². The van der Waals surface area contributed by atoms with Gasteiger partial charge in [0, 0.05) is 25.0 Å². The van der Waals surface area contributed by atoms with E-state index in [0.29, 0.717) is 11.9 Å². The fraction of sp³-hybridized carbons (Fsp3) is 0.938. The average Bonchev–Trinajstić information content (AvgIpc) is 2.46. The van der Waals surface area contributed by atoms with Gasteiger partial charge in [-0.05, 0) is 50.9 Å². The van der Waals surface area contributed by atoms with Crippen LogP contribution in [0.25, 0.3) is 0 Å². The molecule has 4 heteroatoms. The minimum Gasteiger partial charge on any atom is -0.343 e. The molecule has 0 bridgehead atoms.